The fourth-order valence-corrected chi connectivity index (χ4v) is 3.03. The van der Waals surface area contributed by atoms with Crippen molar-refractivity contribution in [3.05, 3.63) is 59.7 Å². The van der Waals surface area contributed by atoms with Gasteiger partial charge >= 0.3 is 5.97 Å². The van der Waals surface area contributed by atoms with Crippen LogP contribution in [0.1, 0.15) is 43.2 Å². The van der Waals surface area contributed by atoms with Gasteiger partial charge in [-0.1, -0.05) is 36.3 Å². The number of carbonyl (C=O) groups is 1. The Labute approximate surface area is 171 Å². The van der Waals surface area contributed by atoms with Crippen molar-refractivity contribution in [2.24, 2.45) is 11.1 Å². The van der Waals surface area contributed by atoms with Crippen molar-refractivity contribution in [2.75, 3.05) is 13.7 Å². The predicted octanol–water partition coefficient (Wildman–Crippen LogP) is 4.64. The smallest absolute Gasteiger partial charge is 0.303 e. The van der Waals surface area contributed by atoms with Crippen LogP contribution in [0.25, 0.3) is 0 Å². The van der Waals surface area contributed by atoms with Crippen LogP contribution in [0.3, 0.4) is 0 Å². The highest BCUT2D eigenvalue weighted by Crippen LogP contribution is 2.31. The molecule has 0 spiro atoms. The molecule has 0 radical (unpaired) electrons. The lowest BCUT2D eigenvalue weighted by Gasteiger charge is -2.11. The second-order valence-corrected chi connectivity index (χ2v) is 7.33. The van der Waals surface area contributed by atoms with E-state index in [9.17, 15) is 4.79 Å². The minimum atomic E-state index is -0.792. The van der Waals surface area contributed by atoms with Crippen LogP contribution in [0, 0.1) is 5.92 Å². The summed E-state index contributed by atoms with van der Waals surface area (Å²) in [5, 5.41) is 13.0. The molecule has 0 bridgehead atoms. The molecule has 29 heavy (non-hydrogen) atoms. The van der Waals surface area contributed by atoms with Crippen LogP contribution in [-0.2, 0) is 16.2 Å². The zero-order chi connectivity index (χ0) is 20.6. The maximum absolute atomic E-state index is 10.8. The number of ether oxygens (including phenoxy) is 2. The SMILES string of the molecule is CO/N=C(\COc1ccc(COc2ccc(C(C)CC(=O)O)cc2)cc1)C1CC1. The monoisotopic (exact) mass is 397 g/mol. The first kappa shape index (κ1) is 20.7. The van der Waals surface area contributed by atoms with Gasteiger partial charge in [0.15, 0.2) is 0 Å². The molecule has 3 rings (SSSR count). The Morgan fingerprint density at radius 2 is 1.69 bits per heavy atom. The Hall–Kier alpha value is -3.02. The standard InChI is InChI=1S/C23H27NO5/c1-16(13-23(25)26)18-7-11-21(12-8-18)28-14-17-3-9-20(10-4-17)29-15-22(24-27-2)19-5-6-19/h3-4,7-12,16,19H,5-6,13-15H2,1-2H3,(H,25,26)/b24-22+. The first-order valence-electron chi connectivity index (χ1n) is 9.81. The summed E-state index contributed by atoms with van der Waals surface area (Å²) >= 11 is 0. The van der Waals surface area contributed by atoms with Crippen molar-refractivity contribution in [1.29, 1.82) is 0 Å². The van der Waals surface area contributed by atoms with E-state index in [1.54, 1.807) is 7.11 Å². The molecule has 1 fully saturated rings. The Kier molecular flexibility index (Phi) is 7.11. The van der Waals surface area contributed by atoms with Gasteiger partial charge in [-0.25, -0.2) is 0 Å². The van der Waals surface area contributed by atoms with E-state index in [0.717, 1.165) is 41.2 Å². The molecule has 1 unspecified atom stereocenters. The van der Waals surface area contributed by atoms with Gasteiger partial charge in [0, 0.05) is 5.92 Å². The van der Waals surface area contributed by atoms with Gasteiger partial charge in [-0.2, -0.15) is 0 Å². The Morgan fingerprint density at radius 1 is 1.07 bits per heavy atom. The molecule has 1 saturated carbocycles. The summed E-state index contributed by atoms with van der Waals surface area (Å²) in [6.45, 7) is 2.80. The summed E-state index contributed by atoms with van der Waals surface area (Å²) in [6.07, 6.45) is 2.43. The average molecular weight is 397 g/mol. The molecule has 1 atom stereocenters. The molecular formula is C23H27NO5. The van der Waals surface area contributed by atoms with E-state index in [4.69, 9.17) is 19.4 Å². The van der Waals surface area contributed by atoms with Crippen molar-refractivity contribution in [2.45, 2.75) is 38.7 Å². The van der Waals surface area contributed by atoms with Gasteiger partial charge in [-0.05, 0) is 54.2 Å². The third-order valence-corrected chi connectivity index (χ3v) is 4.90. The number of carboxylic acids is 1. The number of hydrogen-bond acceptors (Lipinski definition) is 5. The summed E-state index contributed by atoms with van der Waals surface area (Å²) in [7, 11) is 1.56. The lowest BCUT2D eigenvalue weighted by atomic mass is 9.98. The molecule has 2 aromatic carbocycles. The highest BCUT2D eigenvalue weighted by molar-refractivity contribution is 5.89. The summed E-state index contributed by atoms with van der Waals surface area (Å²) in [5.74, 6) is 1.22. The van der Waals surface area contributed by atoms with Gasteiger partial charge in [0.2, 0.25) is 0 Å². The fourth-order valence-electron chi connectivity index (χ4n) is 3.03. The number of oxime groups is 1. The Bertz CT molecular complexity index is 825. The molecule has 0 amide bonds. The van der Waals surface area contributed by atoms with Crippen molar-refractivity contribution < 1.29 is 24.2 Å². The van der Waals surface area contributed by atoms with Crippen molar-refractivity contribution in [1.82, 2.24) is 0 Å². The number of benzene rings is 2. The minimum Gasteiger partial charge on any atom is -0.489 e. The fraction of sp³-hybridized carbons (Fsp3) is 0.391. The third-order valence-electron chi connectivity index (χ3n) is 4.90. The summed E-state index contributed by atoms with van der Waals surface area (Å²) in [5.41, 5.74) is 2.98. The Morgan fingerprint density at radius 3 is 2.28 bits per heavy atom. The van der Waals surface area contributed by atoms with Crippen LogP contribution in [0.5, 0.6) is 11.5 Å². The molecule has 6 nitrogen and oxygen atoms in total. The maximum atomic E-state index is 10.8. The average Bonchev–Trinajstić information content (AvgIpc) is 3.55. The van der Waals surface area contributed by atoms with E-state index >= 15 is 0 Å². The van der Waals surface area contributed by atoms with Crippen LogP contribution < -0.4 is 9.47 Å². The van der Waals surface area contributed by atoms with Crippen LogP contribution in [-0.4, -0.2) is 30.5 Å². The Balaban J connectivity index is 1.47. The van der Waals surface area contributed by atoms with Gasteiger partial charge in [0.1, 0.15) is 31.8 Å². The predicted molar refractivity (Wildman–Crippen MR) is 111 cm³/mol. The number of nitrogens with zero attached hydrogens (tertiary/aromatic N) is 1. The zero-order valence-corrected chi connectivity index (χ0v) is 16.8. The highest BCUT2D eigenvalue weighted by Gasteiger charge is 2.28. The lowest BCUT2D eigenvalue weighted by molar-refractivity contribution is -0.137. The number of carboxylic acid groups (broad SMARTS) is 1. The molecule has 0 aromatic heterocycles. The molecule has 1 N–H and O–H groups in total. The number of hydrogen-bond donors (Lipinski definition) is 1. The van der Waals surface area contributed by atoms with E-state index in [2.05, 4.69) is 5.16 Å². The first-order valence-corrected chi connectivity index (χ1v) is 9.81. The van der Waals surface area contributed by atoms with Crippen LogP contribution in [0.15, 0.2) is 53.7 Å². The molecule has 0 heterocycles. The maximum Gasteiger partial charge on any atom is 0.303 e. The molecule has 1 aliphatic rings. The van der Waals surface area contributed by atoms with Gasteiger partial charge in [-0.3, -0.25) is 4.79 Å². The lowest BCUT2D eigenvalue weighted by Crippen LogP contribution is -2.14. The molecule has 6 heteroatoms. The normalized spacial score (nSPS) is 14.9. The van der Waals surface area contributed by atoms with Crippen molar-refractivity contribution in [3.8, 4) is 11.5 Å². The topological polar surface area (TPSA) is 77.3 Å². The van der Waals surface area contributed by atoms with E-state index < -0.39 is 5.97 Å². The van der Waals surface area contributed by atoms with Crippen LogP contribution in [0.4, 0.5) is 0 Å². The minimum absolute atomic E-state index is 0.0246. The highest BCUT2D eigenvalue weighted by atomic mass is 16.6. The van der Waals surface area contributed by atoms with E-state index in [-0.39, 0.29) is 12.3 Å². The van der Waals surface area contributed by atoms with Crippen molar-refractivity contribution in [3.63, 3.8) is 0 Å². The summed E-state index contributed by atoms with van der Waals surface area (Å²) < 4.78 is 11.6. The van der Waals surface area contributed by atoms with Crippen LogP contribution >= 0.6 is 0 Å². The van der Waals surface area contributed by atoms with E-state index in [0.29, 0.717) is 19.1 Å². The van der Waals surface area contributed by atoms with Gasteiger partial charge in [-0.15, -0.1) is 0 Å². The number of rotatable bonds is 11. The quantitative estimate of drug-likeness (QED) is 0.442. The summed E-state index contributed by atoms with van der Waals surface area (Å²) in [4.78, 5) is 15.7. The van der Waals surface area contributed by atoms with Gasteiger partial charge in [0.05, 0.1) is 12.1 Å². The molecule has 2 aromatic rings. The van der Waals surface area contributed by atoms with E-state index in [1.807, 2.05) is 55.5 Å². The largest absolute Gasteiger partial charge is 0.489 e. The first-order chi connectivity index (χ1) is 14.0. The third kappa shape index (κ3) is 6.52. The number of aliphatic carboxylic acids is 1. The second kappa shape index (κ2) is 9.96. The molecule has 0 aliphatic heterocycles. The van der Waals surface area contributed by atoms with Crippen LogP contribution in [0.2, 0.25) is 0 Å². The second-order valence-electron chi connectivity index (χ2n) is 7.33. The van der Waals surface area contributed by atoms with Gasteiger partial charge < -0.3 is 19.4 Å². The van der Waals surface area contributed by atoms with Gasteiger partial charge in [0.25, 0.3) is 0 Å². The zero-order valence-electron chi connectivity index (χ0n) is 16.8. The molecular weight excluding hydrogens is 370 g/mol. The summed E-state index contributed by atoms with van der Waals surface area (Å²) in [6, 6.07) is 15.4. The molecule has 0 saturated heterocycles. The van der Waals surface area contributed by atoms with E-state index in [1.165, 1.54) is 0 Å². The molecule has 1 aliphatic carbocycles. The molecule has 154 valence electrons. The van der Waals surface area contributed by atoms with Crippen molar-refractivity contribution >= 4 is 11.7 Å².